The van der Waals surface area contributed by atoms with Crippen LogP contribution in [-0.4, -0.2) is 50.3 Å². The molecule has 0 radical (unpaired) electrons. The number of amides is 1. The molecular formula is C18H19F4N3O2. The predicted molar refractivity (Wildman–Crippen MR) is 88.8 cm³/mol. The number of rotatable bonds is 3. The first-order chi connectivity index (χ1) is 12.6. The van der Waals surface area contributed by atoms with Gasteiger partial charge in [-0.05, 0) is 31.9 Å². The molecule has 1 aliphatic rings. The number of carbonyl (C=O) groups excluding carboxylic acids is 1. The lowest BCUT2D eigenvalue weighted by molar-refractivity contribution is -0.250. The molecule has 1 unspecified atom stereocenters. The number of aromatic nitrogens is 2. The molecule has 1 atom stereocenters. The summed E-state index contributed by atoms with van der Waals surface area (Å²) in [4.78, 5) is 17.2. The van der Waals surface area contributed by atoms with Crippen molar-refractivity contribution in [2.24, 2.45) is 0 Å². The second kappa shape index (κ2) is 6.95. The number of aliphatic hydroxyl groups is 1. The molecule has 1 amide bonds. The molecule has 1 aliphatic heterocycles. The lowest BCUT2D eigenvalue weighted by Crippen LogP contribution is -2.57. The fourth-order valence-corrected chi connectivity index (χ4v) is 3.26. The Balaban J connectivity index is 1.74. The van der Waals surface area contributed by atoms with E-state index in [2.05, 4.69) is 4.98 Å². The van der Waals surface area contributed by atoms with Crippen LogP contribution in [0.4, 0.5) is 17.6 Å². The van der Waals surface area contributed by atoms with E-state index in [4.69, 9.17) is 0 Å². The van der Waals surface area contributed by atoms with Crippen molar-refractivity contribution in [2.45, 2.75) is 37.5 Å². The summed E-state index contributed by atoms with van der Waals surface area (Å²) in [5.41, 5.74) is -2.34. The van der Waals surface area contributed by atoms with Gasteiger partial charge in [0, 0.05) is 30.9 Å². The highest BCUT2D eigenvalue weighted by atomic mass is 19.4. The molecule has 0 bridgehead atoms. The van der Waals surface area contributed by atoms with Crippen molar-refractivity contribution in [1.29, 1.82) is 0 Å². The average molecular weight is 385 g/mol. The van der Waals surface area contributed by atoms with Crippen LogP contribution in [0.5, 0.6) is 0 Å². The van der Waals surface area contributed by atoms with Gasteiger partial charge in [0.1, 0.15) is 5.82 Å². The summed E-state index contributed by atoms with van der Waals surface area (Å²) in [6.07, 6.45) is -1.18. The lowest BCUT2D eigenvalue weighted by Gasteiger charge is -2.36. The number of imidazole rings is 1. The number of hydrogen-bond donors (Lipinski definition) is 1. The maximum atomic E-state index is 14.1. The van der Waals surface area contributed by atoms with Crippen molar-refractivity contribution < 1.29 is 27.5 Å². The third kappa shape index (κ3) is 3.55. The minimum atomic E-state index is -5.04. The Hall–Kier alpha value is -2.42. The second-order valence-electron chi connectivity index (χ2n) is 6.78. The Morgan fingerprint density at radius 2 is 1.85 bits per heavy atom. The summed E-state index contributed by atoms with van der Waals surface area (Å²) in [5.74, 6) is -1.85. The van der Waals surface area contributed by atoms with E-state index in [9.17, 15) is 27.5 Å². The topological polar surface area (TPSA) is 58.4 Å². The molecule has 1 N–H and O–H groups in total. The number of likely N-dealkylation sites (tertiary alicyclic amines) is 1. The van der Waals surface area contributed by atoms with Crippen LogP contribution in [0.2, 0.25) is 0 Å². The molecule has 9 heteroatoms. The lowest BCUT2D eigenvalue weighted by atomic mass is 9.92. The van der Waals surface area contributed by atoms with Crippen molar-refractivity contribution in [3.8, 4) is 5.69 Å². The normalized spacial score (nSPS) is 18.4. The van der Waals surface area contributed by atoms with E-state index in [0.29, 0.717) is 25.5 Å². The van der Waals surface area contributed by atoms with Crippen LogP contribution in [0, 0.1) is 5.82 Å². The molecule has 146 valence electrons. The van der Waals surface area contributed by atoms with Gasteiger partial charge in [-0.1, -0.05) is 12.1 Å². The molecule has 1 aromatic carbocycles. The fraction of sp³-hybridized carbons (Fsp3) is 0.444. The molecule has 2 heterocycles. The standard InChI is InChI=1S/C18H19F4N3O2/c1-17(27,18(20,21)22)16(26)24-8-6-12(7-9-24)15-10-23-11-25(15)14-5-3-2-4-13(14)19/h2-5,10-12,27H,6-9H2,1H3. The SMILES string of the molecule is CC(O)(C(=O)N1CCC(c2cncn2-c2ccccc2F)CC1)C(F)(F)F. The highest BCUT2D eigenvalue weighted by Gasteiger charge is 2.57. The van der Waals surface area contributed by atoms with Gasteiger partial charge in [-0.3, -0.25) is 4.79 Å². The number of hydrogen-bond acceptors (Lipinski definition) is 3. The van der Waals surface area contributed by atoms with Crippen molar-refractivity contribution in [1.82, 2.24) is 14.5 Å². The average Bonchev–Trinajstić information content (AvgIpc) is 3.10. The Morgan fingerprint density at radius 3 is 2.44 bits per heavy atom. The molecule has 1 saturated heterocycles. The highest BCUT2D eigenvalue weighted by Crippen LogP contribution is 2.35. The zero-order valence-corrected chi connectivity index (χ0v) is 14.6. The number of benzene rings is 1. The third-order valence-corrected chi connectivity index (χ3v) is 4.95. The predicted octanol–water partition coefficient (Wildman–Crippen LogP) is 3.03. The van der Waals surface area contributed by atoms with Crippen molar-refractivity contribution in [3.63, 3.8) is 0 Å². The molecule has 1 aromatic heterocycles. The molecule has 1 fully saturated rings. The van der Waals surface area contributed by atoms with Gasteiger partial charge >= 0.3 is 6.18 Å². The van der Waals surface area contributed by atoms with Gasteiger partial charge in [0.2, 0.25) is 5.60 Å². The van der Waals surface area contributed by atoms with Crippen LogP contribution >= 0.6 is 0 Å². The molecule has 5 nitrogen and oxygen atoms in total. The smallest absolute Gasteiger partial charge is 0.373 e. The zero-order chi connectivity index (χ0) is 19.8. The highest BCUT2D eigenvalue weighted by molar-refractivity contribution is 5.85. The van der Waals surface area contributed by atoms with Gasteiger partial charge in [0.25, 0.3) is 5.91 Å². The quantitative estimate of drug-likeness (QED) is 0.827. The van der Waals surface area contributed by atoms with Crippen LogP contribution in [-0.2, 0) is 4.79 Å². The van der Waals surface area contributed by atoms with Crippen LogP contribution in [0.25, 0.3) is 5.69 Å². The number of nitrogens with zero attached hydrogens (tertiary/aromatic N) is 3. The number of para-hydroxylation sites is 1. The van der Waals surface area contributed by atoms with E-state index < -0.39 is 23.5 Å². The summed E-state index contributed by atoms with van der Waals surface area (Å²) < 4.78 is 54.3. The minimum Gasteiger partial charge on any atom is -0.373 e. The first kappa shape index (κ1) is 19.3. The largest absolute Gasteiger partial charge is 0.426 e. The van der Waals surface area contributed by atoms with E-state index in [0.717, 1.165) is 10.6 Å². The summed E-state index contributed by atoms with van der Waals surface area (Å²) in [7, 11) is 0. The third-order valence-electron chi connectivity index (χ3n) is 4.95. The number of piperidine rings is 1. The van der Waals surface area contributed by atoms with Gasteiger partial charge in [0.15, 0.2) is 0 Å². The van der Waals surface area contributed by atoms with Gasteiger partial charge in [-0.15, -0.1) is 0 Å². The van der Waals surface area contributed by atoms with Crippen LogP contribution in [0.3, 0.4) is 0 Å². The Morgan fingerprint density at radius 1 is 1.22 bits per heavy atom. The van der Waals surface area contributed by atoms with E-state index in [-0.39, 0.29) is 19.0 Å². The Kier molecular flexibility index (Phi) is 4.98. The van der Waals surface area contributed by atoms with Gasteiger partial charge < -0.3 is 14.6 Å². The first-order valence-corrected chi connectivity index (χ1v) is 8.48. The second-order valence-corrected chi connectivity index (χ2v) is 6.78. The summed E-state index contributed by atoms with van der Waals surface area (Å²) in [5, 5.41) is 9.57. The summed E-state index contributed by atoms with van der Waals surface area (Å²) in [6.45, 7) is 0.602. The van der Waals surface area contributed by atoms with Gasteiger partial charge in [-0.25, -0.2) is 9.37 Å². The van der Waals surface area contributed by atoms with Crippen molar-refractivity contribution in [2.75, 3.05) is 13.1 Å². The van der Waals surface area contributed by atoms with Crippen LogP contribution in [0.1, 0.15) is 31.4 Å². The number of halogens is 4. The summed E-state index contributed by atoms with van der Waals surface area (Å²) >= 11 is 0. The van der Waals surface area contributed by atoms with Crippen molar-refractivity contribution >= 4 is 5.91 Å². The van der Waals surface area contributed by atoms with Crippen LogP contribution in [0.15, 0.2) is 36.8 Å². The molecule has 3 rings (SSSR count). The Bertz CT molecular complexity index is 824. The molecule has 0 saturated carbocycles. The van der Waals surface area contributed by atoms with Gasteiger partial charge in [-0.2, -0.15) is 13.2 Å². The molecule has 0 spiro atoms. The van der Waals surface area contributed by atoms with E-state index in [1.807, 2.05) is 0 Å². The molecule has 27 heavy (non-hydrogen) atoms. The Labute approximate surface area is 153 Å². The van der Waals surface area contributed by atoms with Gasteiger partial charge in [0.05, 0.1) is 12.0 Å². The maximum absolute atomic E-state index is 14.1. The van der Waals surface area contributed by atoms with E-state index in [1.165, 1.54) is 12.4 Å². The van der Waals surface area contributed by atoms with E-state index >= 15 is 0 Å². The van der Waals surface area contributed by atoms with E-state index in [1.54, 1.807) is 29.0 Å². The number of carbonyl (C=O) groups is 1. The minimum absolute atomic E-state index is 0.0676. The summed E-state index contributed by atoms with van der Waals surface area (Å²) in [6, 6.07) is 6.22. The monoisotopic (exact) mass is 385 g/mol. The van der Waals surface area contributed by atoms with Crippen LogP contribution < -0.4 is 0 Å². The van der Waals surface area contributed by atoms with Crippen molar-refractivity contribution in [3.05, 3.63) is 48.3 Å². The maximum Gasteiger partial charge on any atom is 0.426 e. The molecular weight excluding hydrogens is 366 g/mol. The first-order valence-electron chi connectivity index (χ1n) is 8.48. The fourth-order valence-electron chi connectivity index (χ4n) is 3.26. The zero-order valence-electron chi connectivity index (χ0n) is 14.6. The molecule has 2 aromatic rings. The molecule has 0 aliphatic carbocycles. The number of alkyl halides is 3.